The number of carbonyl (C=O) groups excluding carboxylic acids is 1. The lowest BCUT2D eigenvalue weighted by atomic mass is 10.1. The highest BCUT2D eigenvalue weighted by Crippen LogP contribution is 2.20. The summed E-state index contributed by atoms with van der Waals surface area (Å²) in [5.41, 5.74) is -0.189. The summed E-state index contributed by atoms with van der Waals surface area (Å²) in [5.74, 6) is -2.19. The molecule has 0 aliphatic heterocycles. The number of hydrogen-bond acceptors (Lipinski definition) is 4. The molecule has 0 fully saturated rings. The lowest BCUT2D eigenvalue weighted by Gasteiger charge is -1.99. The number of ketones is 1. The second kappa shape index (κ2) is 6.83. The van der Waals surface area contributed by atoms with Gasteiger partial charge in [-0.25, -0.2) is 8.78 Å². The van der Waals surface area contributed by atoms with Crippen LogP contribution in [0.1, 0.15) is 17.3 Å². The number of aromatic hydroxyl groups is 1. The molecule has 23 heavy (non-hydrogen) atoms. The van der Waals surface area contributed by atoms with Crippen LogP contribution in [-0.2, 0) is 0 Å². The fourth-order valence-corrected chi connectivity index (χ4v) is 1.88. The maximum atomic E-state index is 12.9. The van der Waals surface area contributed by atoms with Crippen molar-refractivity contribution in [3.05, 3.63) is 76.1 Å². The first-order valence-corrected chi connectivity index (χ1v) is 6.56. The predicted octanol–water partition coefficient (Wildman–Crippen LogP) is 3.67. The molecule has 3 rings (SSSR count). The van der Waals surface area contributed by atoms with Gasteiger partial charge in [-0.3, -0.25) is 9.59 Å². The summed E-state index contributed by atoms with van der Waals surface area (Å²) < 4.78 is 30.3. The molecule has 0 aliphatic carbocycles. The first-order valence-electron chi connectivity index (χ1n) is 6.56. The average Bonchev–Trinajstić information content (AvgIpc) is 2.52. The second-order valence-electron chi connectivity index (χ2n) is 4.59. The van der Waals surface area contributed by atoms with Gasteiger partial charge in [0.25, 0.3) is 0 Å². The smallest absolute Gasteiger partial charge is 0.192 e. The Kier molecular flexibility index (Phi) is 4.85. The number of halogens is 2. The van der Waals surface area contributed by atoms with Gasteiger partial charge in [0.1, 0.15) is 0 Å². The van der Waals surface area contributed by atoms with Gasteiger partial charge in [-0.15, -0.1) is 0 Å². The average molecular weight is 318 g/mol. The molecule has 0 spiro atoms. The van der Waals surface area contributed by atoms with Crippen molar-refractivity contribution in [1.82, 2.24) is 0 Å². The van der Waals surface area contributed by atoms with Crippen LogP contribution >= 0.6 is 0 Å². The Labute approximate surface area is 129 Å². The summed E-state index contributed by atoms with van der Waals surface area (Å²) in [5, 5.41) is 9.25. The molecule has 0 aliphatic rings. The van der Waals surface area contributed by atoms with Crippen molar-refractivity contribution < 1.29 is 23.1 Å². The molecule has 0 radical (unpaired) electrons. The number of Topliss-reactive ketones (excluding diaryl/α,β-unsaturated/α-hetero) is 1. The van der Waals surface area contributed by atoms with Crippen molar-refractivity contribution >= 4 is 16.8 Å². The van der Waals surface area contributed by atoms with E-state index < -0.39 is 17.4 Å². The van der Waals surface area contributed by atoms with Crippen LogP contribution < -0.4 is 5.43 Å². The van der Waals surface area contributed by atoms with E-state index >= 15 is 0 Å². The van der Waals surface area contributed by atoms with E-state index in [4.69, 9.17) is 9.52 Å². The number of benzene rings is 2. The molecule has 0 amide bonds. The lowest BCUT2D eigenvalue weighted by molar-refractivity contribution is 0.101. The van der Waals surface area contributed by atoms with E-state index in [2.05, 4.69) is 0 Å². The van der Waals surface area contributed by atoms with Crippen molar-refractivity contribution in [1.29, 1.82) is 0 Å². The molecule has 0 saturated heterocycles. The van der Waals surface area contributed by atoms with E-state index in [1.165, 1.54) is 49.6 Å². The lowest BCUT2D eigenvalue weighted by Crippen LogP contribution is -1.98. The van der Waals surface area contributed by atoms with Crippen LogP contribution in [0.4, 0.5) is 8.78 Å². The number of para-hydroxylation sites is 2. The van der Waals surface area contributed by atoms with Crippen LogP contribution in [0.15, 0.2) is 57.9 Å². The Bertz CT molecular complexity index is 916. The van der Waals surface area contributed by atoms with Gasteiger partial charge in [0.15, 0.2) is 34.2 Å². The van der Waals surface area contributed by atoms with Crippen LogP contribution in [0.25, 0.3) is 11.0 Å². The molecule has 0 atom stereocenters. The number of hydrogen-bond donors (Lipinski definition) is 1. The maximum absolute atomic E-state index is 12.9. The van der Waals surface area contributed by atoms with Crippen LogP contribution in [0.2, 0.25) is 0 Å². The van der Waals surface area contributed by atoms with E-state index in [0.717, 1.165) is 6.07 Å². The molecule has 1 aromatic heterocycles. The molecule has 0 bridgehead atoms. The first-order chi connectivity index (χ1) is 10.9. The number of rotatable bonds is 1. The quantitative estimate of drug-likeness (QED) is 0.695. The fourth-order valence-electron chi connectivity index (χ4n) is 1.88. The summed E-state index contributed by atoms with van der Waals surface area (Å²) in [6, 6.07) is 9.39. The number of phenols is 1. The normalized spacial score (nSPS) is 10.0. The van der Waals surface area contributed by atoms with Gasteiger partial charge in [0, 0.05) is 6.07 Å². The third kappa shape index (κ3) is 3.60. The van der Waals surface area contributed by atoms with E-state index in [0.29, 0.717) is 0 Å². The summed E-state index contributed by atoms with van der Waals surface area (Å²) in [6.45, 7) is 1.27. The summed E-state index contributed by atoms with van der Waals surface area (Å²) in [6.07, 6.45) is 1.19. The number of carbonyl (C=O) groups is 1. The minimum atomic E-state index is -0.766. The minimum absolute atomic E-state index is 0.0185. The highest BCUT2D eigenvalue weighted by Gasteiger charge is 2.09. The summed E-state index contributed by atoms with van der Waals surface area (Å²) >= 11 is 0. The molecule has 1 N–H and O–H groups in total. The van der Waals surface area contributed by atoms with Crippen molar-refractivity contribution in [3.8, 4) is 5.75 Å². The highest BCUT2D eigenvalue weighted by molar-refractivity contribution is 5.96. The molecule has 0 unspecified atom stereocenters. The van der Waals surface area contributed by atoms with Crippen LogP contribution in [0.3, 0.4) is 0 Å². The predicted molar refractivity (Wildman–Crippen MR) is 80.5 cm³/mol. The monoisotopic (exact) mass is 318 g/mol. The Balaban J connectivity index is 0.000000168. The Morgan fingerprint density at radius 2 is 1.70 bits per heavy atom. The van der Waals surface area contributed by atoms with Gasteiger partial charge in [-0.1, -0.05) is 12.1 Å². The molecule has 4 nitrogen and oxygen atoms in total. The Morgan fingerprint density at radius 1 is 1.04 bits per heavy atom. The molecule has 118 valence electrons. The molecule has 6 heteroatoms. The SMILES string of the molecule is CC(=O)c1cccc(F)c1O.O=c1ccoc2c(F)cccc12. The van der Waals surface area contributed by atoms with Gasteiger partial charge in [-0.05, 0) is 31.2 Å². The second-order valence-corrected chi connectivity index (χ2v) is 4.59. The molecular formula is C17H12F2O4. The molecule has 3 aromatic rings. The number of phenolic OH excluding ortho intramolecular Hbond substituents is 1. The summed E-state index contributed by atoms with van der Waals surface area (Å²) in [7, 11) is 0. The zero-order valence-corrected chi connectivity index (χ0v) is 12.0. The van der Waals surface area contributed by atoms with Gasteiger partial charge >= 0.3 is 0 Å². The zero-order valence-electron chi connectivity index (χ0n) is 12.0. The summed E-state index contributed by atoms with van der Waals surface area (Å²) in [4.78, 5) is 21.8. The Morgan fingerprint density at radius 3 is 2.30 bits per heavy atom. The van der Waals surface area contributed by atoms with Gasteiger partial charge in [0.05, 0.1) is 17.2 Å². The van der Waals surface area contributed by atoms with Crippen molar-refractivity contribution in [2.45, 2.75) is 6.92 Å². The van der Waals surface area contributed by atoms with Gasteiger partial charge in [0.2, 0.25) is 0 Å². The fraction of sp³-hybridized carbons (Fsp3) is 0.0588. The third-order valence-electron chi connectivity index (χ3n) is 3.00. The Hall–Kier alpha value is -3.02. The van der Waals surface area contributed by atoms with Crippen molar-refractivity contribution in [2.75, 3.05) is 0 Å². The van der Waals surface area contributed by atoms with Crippen molar-refractivity contribution in [2.24, 2.45) is 0 Å². The van der Waals surface area contributed by atoms with E-state index in [9.17, 15) is 18.4 Å². The van der Waals surface area contributed by atoms with E-state index in [1.807, 2.05) is 0 Å². The van der Waals surface area contributed by atoms with Crippen molar-refractivity contribution in [3.63, 3.8) is 0 Å². The molecular weight excluding hydrogens is 306 g/mol. The molecule has 0 saturated carbocycles. The van der Waals surface area contributed by atoms with E-state index in [1.54, 1.807) is 0 Å². The largest absolute Gasteiger partial charge is 0.504 e. The topological polar surface area (TPSA) is 67.5 Å². The third-order valence-corrected chi connectivity index (χ3v) is 3.00. The van der Waals surface area contributed by atoms with Crippen LogP contribution in [0.5, 0.6) is 5.75 Å². The van der Waals surface area contributed by atoms with Gasteiger partial charge < -0.3 is 9.52 Å². The number of fused-ring (bicyclic) bond motifs is 1. The minimum Gasteiger partial charge on any atom is -0.504 e. The standard InChI is InChI=1S/C9H5FO2.C8H7FO2/c10-7-3-1-2-6-8(11)4-5-12-9(6)7;1-5(10)6-3-2-4-7(9)8(6)11/h1-5H;2-4,11H,1H3. The van der Waals surface area contributed by atoms with Crippen LogP contribution in [0, 0.1) is 11.6 Å². The molecule has 2 aromatic carbocycles. The zero-order chi connectivity index (χ0) is 17.0. The maximum Gasteiger partial charge on any atom is 0.192 e. The van der Waals surface area contributed by atoms with Crippen LogP contribution in [-0.4, -0.2) is 10.9 Å². The molecule has 1 heterocycles. The van der Waals surface area contributed by atoms with Gasteiger partial charge in [-0.2, -0.15) is 0 Å². The first kappa shape index (κ1) is 16.4. The van der Waals surface area contributed by atoms with E-state index in [-0.39, 0.29) is 27.7 Å². The highest BCUT2D eigenvalue weighted by atomic mass is 19.1.